The Morgan fingerprint density at radius 3 is 2.50 bits per heavy atom. The van der Waals surface area contributed by atoms with Crippen molar-refractivity contribution in [2.45, 2.75) is 6.54 Å². The fourth-order valence-electron chi connectivity index (χ4n) is 2.05. The summed E-state index contributed by atoms with van der Waals surface area (Å²) >= 11 is 0. The van der Waals surface area contributed by atoms with Crippen molar-refractivity contribution in [2.24, 2.45) is 0 Å². The van der Waals surface area contributed by atoms with Crippen LogP contribution in [0, 0.1) is 5.82 Å². The minimum Gasteiger partial charge on any atom is -0.344 e. The first-order chi connectivity index (χ1) is 9.58. The highest BCUT2D eigenvalue weighted by Gasteiger charge is 2.24. The van der Waals surface area contributed by atoms with Crippen molar-refractivity contribution in [3.05, 3.63) is 35.6 Å². The molecule has 1 aliphatic rings. The van der Waals surface area contributed by atoms with Gasteiger partial charge in [-0.1, -0.05) is 18.2 Å². The van der Waals surface area contributed by atoms with Crippen molar-refractivity contribution in [1.29, 1.82) is 0 Å². The topological polar surface area (TPSA) is 52.7 Å². The van der Waals surface area contributed by atoms with Crippen LogP contribution in [0.1, 0.15) is 5.56 Å². The molecule has 0 aliphatic carbocycles. The monoisotopic (exact) mass is 279 g/mol. The van der Waals surface area contributed by atoms with E-state index in [1.54, 1.807) is 18.2 Å². The van der Waals surface area contributed by atoms with Gasteiger partial charge in [-0.05, 0) is 13.1 Å². The van der Waals surface area contributed by atoms with E-state index >= 15 is 0 Å². The molecule has 0 unspecified atom stereocenters. The van der Waals surface area contributed by atoms with Crippen LogP contribution in [-0.2, 0) is 16.1 Å². The molecule has 1 fully saturated rings. The molecule has 1 saturated heterocycles. The van der Waals surface area contributed by atoms with E-state index in [9.17, 15) is 14.0 Å². The Balaban J connectivity index is 1.86. The van der Waals surface area contributed by atoms with E-state index in [1.807, 2.05) is 7.05 Å². The van der Waals surface area contributed by atoms with Crippen molar-refractivity contribution in [2.75, 3.05) is 33.2 Å². The van der Waals surface area contributed by atoms with E-state index in [2.05, 4.69) is 10.2 Å². The number of amides is 2. The molecular weight excluding hydrogens is 261 g/mol. The summed E-state index contributed by atoms with van der Waals surface area (Å²) in [7, 11) is 1.97. The second-order valence-electron chi connectivity index (χ2n) is 4.87. The highest BCUT2D eigenvalue weighted by atomic mass is 19.1. The largest absolute Gasteiger partial charge is 0.344 e. The van der Waals surface area contributed by atoms with Crippen molar-refractivity contribution in [1.82, 2.24) is 15.1 Å². The van der Waals surface area contributed by atoms with Crippen LogP contribution in [0.4, 0.5) is 4.39 Å². The summed E-state index contributed by atoms with van der Waals surface area (Å²) in [6.07, 6.45) is 0. The quantitative estimate of drug-likeness (QED) is 0.788. The molecule has 0 saturated carbocycles. The van der Waals surface area contributed by atoms with Crippen LogP contribution < -0.4 is 5.32 Å². The van der Waals surface area contributed by atoms with Crippen LogP contribution in [0.3, 0.4) is 0 Å². The van der Waals surface area contributed by atoms with E-state index in [0.717, 1.165) is 13.1 Å². The van der Waals surface area contributed by atoms with Gasteiger partial charge in [-0.25, -0.2) is 4.39 Å². The number of rotatable bonds is 2. The Morgan fingerprint density at radius 2 is 1.85 bits per heavy atom. The first kappa shape index (κ1) is 14.5. The highest BCUT2D eigenvalue weighted by Crippen LogP contribution is 2.06. The minimum atomic E-state index is -0.683. The molecule has 1 aliphatic heterocycles. The number of hydrogen-bond acceptors (Lipinski definition) is 3. The lowest BCUT2D eigenvalue weighted by atomic mass is 10.2. The molecule has 20 heavy (non-hydrogen) atoms. The molecule has 108 valence electrons. The lowest BCUT2D eigenvalue weighted by Gasteiger charge is -2.31. The maximum Gasteiger partial charge on any atom is 0.311 e. The fourth-order valence-corrected chi connectivity index (χ4v) is 2.05. The summed E-state index contributed by atoms with van der Waals surface area (Å²) in [5.74, 6) is -1.62. The summed E-state index contributed by atoms with van der Waals surface area (Å²) in [5, 5.41) is 2.46. The zero-order chi connectivity index (χ0) is 14.5. The molecule has 0 atom stereocenters. The Labute approximate surface area is 117 Å². The van der Waals surface area contributed by atoms with Crippen LogP contribution in [0.15, 0.2) is 24.3 Å². The summed E-state index contributed by atoms with van der Waals surface area (Å²) in [4.78, 5) is 27.3. The molecule has 1 aromatic carbocycles. The number of carbonyl (C=O) groups excluding carboxylic acids is 2. The third-order valence-corrected chi connectivity index (χ3v) is 3.38. The van der Waals surface area contributed by atoms with Gasteiger partial charge in [0.25, 0.3) is 0 Å². The molecule has 1 N–H and O–H groups in total. The van der Waals surface area contributed by atoms with Gasteiger partial charge in [0.1, 0.15) is 5.82 Å². The maximum atomic E-state index is 13.4. The molecule has 2 amide bonds. The molecule has 0 bridgehead atoms. The fraction of sp³-hybridized carbons (Fsp3) is 0.429. The molecule has 0 radical (unpaired) electrons. The molecule has 5 nitrogen and oxygen atoms in total. The van der Waals surface area contributed by atoms with Gasteiger partial charge in [-0.2, -0.15) is 0 Å². The highest BCUT2D eigenvalue weighted by molar-refractivity contribution is 6.34. The number of benzene rings is 1. The zero-order valence-corrected chi connectivity index (χ0v) is 11.4. The standard InChI is InChI=1S/C14H18FN3O2/c1-17-6-8-18(9-7-17)14(20)13(19)16-10-11-4-2-3-5-12(11)15/h2-5H,6-10H2,1H3,(H,16,19). The third kappa shape index (κ3) is 3.54. The lowest BCUT2D eigenvalue weighted by molar-refractivity contribution is -0.146. The Bertz CT molecular complexity index is 499. The van der Waals surface area contributed by atoms with Gasteiger partial charge in [-0.3, -0.25) is 9.59 Å². The lowest BCUT2D eigenvalue weighted by Crippen LogP contribution is -2.51. The Kier molecular flexibility index (Phi) is 4.68. The van der Waals surface area contributed by atoms with Gasteiger partial charge in [-0.15, -0.1) is 0 Å². The smallest absolute Gasteiger partial charge is 0.311 e. The van der Waals surface area contributed by atoms with E-state index in [1.165, 1.54) is 11.0 Å². The van der Waals surface area contributed by atoms with E-state index in [4.69, 9.17) is 0 Å². The van der Waals surface area contributed by atoms with Crippen LogP contribution in [0.5, 0.6) is 0 Å². The molecule has 2 rings (SSSR count). The molecular formula is C14H18FN3O2. The van der Waals surface area contributed by atoms with Crippen molar-refractivity contribution >= 4 is 11.8 Å². The summed E-state index contributed by atoms with van der Waals surface area (Å²) in [6.45, 7) is 2.62. The number of halogens is 1. The first-order valence-corrected chi connectivity index (χ1v) is 6.57. The molecule has 6 heteroatoms. The van der Waals surface area contributed by atoms with Gasteiger partial charge in [0.2, 0.25) is 0 Å². The Hall–Kier alpha value is -1.95. The predicted octanol–water partition coefficient (Wildman–Crippen LogP) is 0.216. The molecule has 1 aromatic rings. The van der Waals surface area contributed by atoms with Crippen LogP contribution >= 0.6 is 0 Å². The normalized spacial score (nSPS) is 16.0. The number of carbonyl (C=O) groups is 2. The van der Waals surface area contributed by atoms with Gasteiger partial charge in [0.05, 0.1) is 0 Å². The molecule has 0 spiro atoms. The zero-order valence-electron chi connectivity index (χ0n) is 11.4. The average Bonchev–Trinajstić information content (AvgIpc) is 2.46. The second-order valence-corrected chi connectivity index (χ2v) is 4.87. The number of nitrogens with one attached hydrogen (secondary N) is 1. The van der Waals surface area contributed by atoms with Crippen molar-refractivity contribution in [3.8, 4) is 0 Å². The van der Waals surface area contributed by atoms with E-state index in [0.29, 0.717) is 18.7 Å². The Morgan fingerprint density at radius 1 is 1.20 bits per heavy atom. The average molecular weight is 279 g/mol. The van der Waals surface area contributed by atoms with Gasteiger partial charge in [0, 0.05) is 38.3 Å². The SMILES string of the molecule is CN1CCN(C(=O)C(=O)NCc2ccccc2F)CC1. The number of hydrogen-bond donors (Lipinski definition) is 1. The molecule has 0 aromatic heterocycles. The van der Waals surface area contributed by atoms with Gasteiger partial charge >= 0.3 is 11.8 Å². The number of likely N-dealkylation sites (N-methyl/N-ethyl adjacent to an activating group) is 1. The van der Waals surface area contributed by atoms with E-state index in [-0.39, 0.29) is 12.4 Å². The third-order valence-electron chi connectivity index (χ3n) is 3.38. The van der Waals surface area contributed by atoms with Crippen LogP contribution in [-0.4, -0.2) is 54.8 Å². The maximum absolute atomic E-state index is 13.4. The van der Waals surface area contributed by atoms with Gasteiger partial charge < -0.3 is 15.1 Å². The van der Waals surface area contributed by atoms with Gasteiger partial charge in [0.15, 0.2) is 0 Å². The number of nitrogens with zero attached hydrogens (tertiary/aromatic N) is 2. The minimum absolute atomic E-state index is 0.0188. The first-order valence-electron chi connectivity index (χ1n) is 6.57. The van der Waals surface area contributed by atoms with Crippen LogP contribution in [0.25, 0.3) is 0 Å². The second kappa shape index (κ2) is 6.47. The molecule has 1 heterocycles. The van der Waals surface area contributed by atoms with Crippen LogP contribution in [0.2, 0.25) is 0 Å². The number of piperazine rings is 1. The summed E-state index contributed by atoms with van der Waals surface area (Å²) < 4.78 is 13.4. The predicted molar refractivity (Wildman–Crippen MR) is 72.3 cm³/mol. The summed E-state index contributed by atoms with van der Waals surface area (Å²) in [5.41, 5.74) is 0.368. The summed E-state index contributed by atoms with van der Waals surface area (Å²) in [6, 6.07) is 6.17. The van der Waals surface area contributed by atoms with Crippen molar-refractivity contribution < 1.29 is 14.0 Å². The van der Waals surface area contributed by atoms with Crippen molar-refractivity contribution in [3.63, 3.8) is 0 Å². The van der Waals surface area contributed by atoms with E-state index < -0.39 is 11.8 Å².